The van der Waals surface area contributed by atoms with Gasteiger partial charge in [-0.2, -0.15) is 0 Å². The standard InChI is InChI=1S/C36H31F2N3O7S/c37-25-10-6-23(7-11-25)30(42)21-49-34-33(41(35(34)45)27-14-12-26(38)13-15-27)24-8-16-28(17-9-24)48-20-32(44)39-19-31(43)40-29(36(46)47)18-22-4-2-1-3-5-22/h1-17,29,33-34H,18-21H2,(H,39,44)(H,40,43)(H,46,47)/t29-,33+,34+/m0/s1. The molecule has 10 nitrogen and oxygen atoms in total. The minimum Gasteiger partial charge on any atom is -0.484 e. The number of nitrogens with one attached hydrogen (secondary N) is 2. The molecule has 0 aliphatic carbocycles. The predicted octanol–water partition coefficient (Wildman–Crippen LogP) is 4.34. The van der Waals surface area contributed by atoms with Crippen LogP contribution >= 0.6 is 11.8 Å². The van der Waals surface area contributed by atoms with Crippen LogP contribution < -0.4 is 20.3 Å². The Kier molecular flexibility index (Phi) is 11.4. The molecule has 0 aromatic heterocycles. The second-order valence-electron chi connectivity index (χ2n) is 11.1. The van der Waals surface area contributed by atoms with Crippen LogP contribution in [0, 0.1) is 11.6 Å². The van der Waals surface area contributed by atoms with Crippen LogP contribution in [0.5, 0.6) is 5.75 Å². The summed E-state index contributed by atoms with van der Waals surface area (Å²) in [6.07, 6.45) is 0.0825. The van der Waals surface area contributed by atoms with Gasteiger partial charge in [0.1, 0.15) is 28.7 Å². The molecule has 49 heavy (non-hydrogen) atoms. The van der Waals surface area contributed by atoms with Crippen LogP contribution in [0.15, 0.2) is 103 Å². The third-order valence-electron chi connectivity index (χ3n) is 7.66. The van der Waals surface area contributed by atoms with Crippen LogP contribution in [0.3, 0.4) is 0 Å². The van der Waals surface area contributed by atoms with E-state index in [-0.39, 0.29) is 23.9 Å². The monoisotopic (exact) mass is 687 g/mol. The highest BCUT2D eigenvalue weighted by Gasteiger charge is 2.49. The minimum absolute atomic E-state index is 0.0197. The van der Waals surface area contributed by atoms with Crippen molar-refractivity contribution in [3.63, 3.8) is 0 Å². The highest BCUT2D eigenvalue weighted by Crippen LogP contribution is 2.45. The lowest BCUT2D eigenvalue weighted by atomic mass is 9.92. The number of amides is 3. The van der Waals surface area contributed by atoms with Crippen LogP contribution in [-0.2, 0) is 25.6 Å². The number of ether oxygens (including phenoxy) is 1. The van der Waals surface area contributed by atoms with Gasteiger partial charge in [0.15, 0.2) is 12.4 Å². The molecule has 4 aromatic carbocycles. The van der Waals surface area contributed by atoms with Gasteiger partial charge in [-0.05, 0) is 71.8 Å². The number of Topliss-reactive ketones (excluding diaryl/α,β-unsaturated/α-hetero) is 1. The van der Waals surface area contributed by atoms with Crippen LogP contribution in [0.4, 0.5) is 14.5 Å². The molecule has 13 heteroatoms. The first-order valence-electron chi connectivity index (χ1n) is 15.1. The van der Waals surface area contributed by atoms with Gasteiger partial charge in [0.25, 0.3) is 5.91 Å². The number of carboxylic acid groups (broad SMARTS) is 1. The lowest BCUT2D eigenvalue weighted by molar-refractivity contribution is -0.141. The summed E-state index contributed by atoms with van der Waals surface area (Å²) in [7, 11) is 0. The zero-order valence-electron chi connectivity index (χ0n) is 25.9. The van der Waals surface area contributed by atoms with Gasteiger partial charge in [0.2, 0.25) is 11.8 Å². The van der Waals surface area contributed by atoms with Crippen molar-refractivity contribution in [1.82, 2.24) is 10.6 Å². The average molecular weight is 688 g/mol. The lowest BCUT2D eigenvalue weighted by Gasteiger charge is -2.47. The largest absolute Gasteiger partial charge is 0.484 e. The van der Waals surface area contributed by atoms with Gasteiger partial charge in [0, 0.05) is 17.7 Å². The first kappa shape index (κ1) is 34.8. The SMILES string of the molecule is O=C(COc1ccc([C@@H]2[C@@H](SCC(=O)c3ccc(F)cc3)C(=O)N2c2ccc(F)cc2)cc1)NCC(=O)N[C@@H](Cc1ccccc1)C(=O)O. The first-order valence-corrected chi connectivity index (χ1v) is 16.2. The Morgan fingerprint density at radius 3 is 2.10 bits per heavy atom. The van der Waals surface area contributed by atoms with E-state index in [4.69, 9.17) is 4.74 Å². The topological polar surface area (TPSA) is 142 Å². The number of aliphatic carboxylic acids is 1. The molecule has 0 saturated carbocycles. The number of hydrogen-bond donors (Lipinski definition) is 3. The van der Waals surface area contributed by atoms with E-state index in [1.165, 1.54) is 53.4 Å². The number of halogens is 2. The van der Waals surface area contributed by atoms with E-state index in [1.54, 1.807) is 54.6 Å². The fraction of sp³-hybridized carbons (Fsp3) is 0.194. The van der Waals surface area contributed by atoms with Crippen molar-refractivity contribution >= 4 is 46.9 Å². The van der Waals surface area contributed by atoms with Crippen LogP contribution in [-0.4, -0.2) is 64.8 Å². The highest BCUT2D eigenvalue weighted by molar-refractivity contribution is 8.01. The Morgan fingerprint density at radius 1 is 0.837 bits per heavy atom. The van der Waals surface area contributed by atoms with Gasteiger partial charge in [-0.15, -0.1) is 11.8 Å². The fourth-order valence-electron chi connectivity index (χ4n) is 5.16. The zero-order chi connectivity index (χ0) is 34.9. The second kappa shape index (κ2) is 16.0. The molecule has 1 aliphatic rings. The summed E-state index contributed by atoms with van der Waals surface area (Å²) in [6, 6.07) is 24.4. The number of carbonyl (C=O) groups is 5. The van der Waals surface area contributed by atoms with E-state index in [0.717, 1.165) is 17.3 Å². The van der Waals surface area contributed by atoms with Gasteiger partial charge in [-0.1, -0.05) is 42.5 Å². The summed E-state index contributed by atoms with van der Waals surface area (Å²) in [6.45, 7) is -0.871. The van der Waals surface area contributed by atoms with E-state index in [9.17, 15) is 37.9 Å². The quantitative estimate of drug-likeness (QED) is 0.124. The zero-order valence-corrected chi connectivity index (χ0v) is 26.7. The van der Waals surface area contributed by atoms with Gasteiger partial charge in [0.05, 0.1) is 18.3 Å². The molecular formula is C36H31F2N3O7S. The van der Waals surface area contributed by atoms with Crippen molar-refractivity contribution in [3.05, 3.63) is 131 Å². The van der Waals surface area contributed by atoms with Crippen LogP contribution in [0.2, 0.25) is 0 Å². The van der Waals surface area contributed by atoms with Crippen LogP contribution in [0.25, 0.3) is 0 Å². The van der Waals surface area contributed by atoms with Gasteiger partial charge < -0.3 is 25.4 Å². The minimum atomic E-state index is -1.20. The van der Waals surface area contributed by atoms with E-state index >= 15 is 0 Å². The summed E-state index contributed by atoms with van der Waals surface area (Å²) in [5.74, 6) is -3.62. The van der Waals surface area contributed by atoms with Gasteiger partial charge >= 0.3 is 5.97 Å². The van der Waals surface area contributed by atoms with Crippen molar-refractivity contribution in [2.75, 3.05) is 23.8 Å². The third-order valence-corrected chi connectivity index (χ3v) is 8.91. The van der Waals surface area contributed by atoms with E-state index in [1.807, 2.05) is 0 Å². The van der Waals surface area contributed by atoms with E-state index < -0.39 is 59.9 Å². The van der Waals surface area contributed by atoms with Crippen molar-refractivity contribution in [2.45, 2.75) is 23.8 Å². The Labute approximate surface area is 284 Å². The Bertz CT molecular complexity index is 1810. The molecule has 0 spiro atoms. The number of β-lactam (4-membered cyclic amide) rings is 1. The molecule has 3 atom stereocenters. The molecule has 4 aromatic rings. The molecule has 1 aliphatic heterocycles. The molecule has 1 fully saturated rings. The van der Waals surface area contributed by atoms with E-state index in [2.05, 4.69) is 10.6 Å². The van der Waals surface area contributed by atoms with Crippen LogP contribution in [0.1, 0.15) is 27.5 Å². The smallest absolute Gasteiger partial charge is 0.326 e. The normalized spacial score (nSPS) is 15.9. The predicted molar refractivity (Wildman–Crippen MR) is 178 cm³/mol. The maximum Gasteiger partial charge on any atom is 0.326 e. The fourth-order valence-corrected chi connectivity index (χ4v) is 6.37. The van der Waals surface area contributed by atoms with Crippen molar-refractivity contribution < 1.29 is 42.6 Å². The average Bonchev–Trinajstić information content (AvgIpc) is 3.10. The Morgan fingerprint density at radius 2 is 1.47 bits per heavy atom. The lowest BCUT2D eigenvalue weighted by Crippen LogP contribution is -2.57. The molecule has 0 radical (unpaired) electrons. The summed E-state index contributed by atoms with van der Waals surface area (Å²) >= 11 is 1.16. The molecule has 1 heterocycles. The first-order chi connectivity index (χ1) is 23.6. The molecule has 252 valence electrons. The van der Waals surface area contributed by atoms with E-state index in [0.29, 0.717) is 22.6 Å². The number of carbonyl (C=O) groups excluding carboxylic acids is 4. The summed E-state index contributed by atoms with van der Waals surface area (Å²) < 4.78 is 32.5. The second-order valence-corrected chi connectivity index (χ2v) is 12.2. The summed E-state index contributed by atoms with van der Waals surface area (Å²) in [5, 5.41) is 13.6. The summed E-state index contributed by atoms with van der Waals surface area (Å²) in [5.41, 5.74) is 2.24. The molecule has 1 saturated heterocycles. The number of hydrogen-bond acceptors (Lipinski definition) is 7. The molecule has 3 N–H and O–H groups in total. The number of thioether (sulfide) groups is 1. The summed E-state index contributed by atoms with van der Waals surface area (Å²) in [4.78, 5) is 63.8. The van der Waals surface area contributed by atoms with Crippen molar-refractivity contribution in [1.29, 1.82) is 0 Å². The molecule has 5 rings (SSSR count). The number of ketones is 1. The molecular weight excluding hydrogens is 656 g/mol. The number of carboxylic acids is 1. The number of anilines is 1. The Hall–Kier alpha value is -5.56. The number of rotatable bonds is 15. The number of nitrogens with zero attached hydrogens (tertiary/aromatic N) is 1. The molecule has 0 bridgehead atoms. The third kappa shape index (κ3) is 9.08. The maximum absolute atomic E-state index is 13.6. The number of benzene rings is 4. The Balaban J connectivity index is 1.16. The maximum atomic E-state index is 13.6. The van der Waals surface area contributed by atoms with Crippen molar-refractivity contribution in [3.8, 4) is 5.75 Å². The molecule has 0 unspecified atom stereocenters. The molecule has 3 amide bonds. The van der Waals surface area contributed by atoms with Gasteiger partial charge in [-0.3, -0.25) is 19.2 Å². The van der Waals surface area contributed by atoms with Crippen molar-refractivity contribution in [2.24, 2.45) is 0 Å². The highest BCUT2D eigenvalue weighted by atomic mass is 32.2. The van der Waals surface area contributed by atoms with Gasteiger partial charge in [-0.25, -0.2) is 13.6 Å².